The fraction of sp³-hybridized carbons (Fsp3) is 0.429. The highest BCUT2D eigenvalue weighted by Gasteiger charge is 2.20. The Hall–Kier alpha value is -1.40. The van der Waals surface area contributed by atoms with Gasteiger partial charge in [0.15, 0.2) is 0 Å². The molecule has 0 unspecified atom stereocenters. The third kappa shape index (κ3) is 3.37. The maximum absolute atomic E-state index is 13.5. The molecule has 1 saturated carbocycles. The van der Waals surface area contributed by atoms with Crippen molar-refractivity contribution in [2.45, 2.75) is 31.7 Å². The van der Waals surface area contributed by atoms with E-state index in [1.54, 1.807) is 0 Å². The number of benzene rings is 1. The lowest BCUT2D eigenvalue weighted by Gasteiger charge is -2.01. The van der Waals surface area contributed by atoms with E-state index in [4.69, 9.17) is 0 Å². The van der Waals surface area contributed by atoms with Crippen LogP contribution in [0, 0.1) is 11.6 Å². The fourth-order valence-corrected chi connectivity index (χ4v) is 2.84. The van der Waals surface area contributed by atoms with Crippen LogP contribution in [0.4, 0.5) is 8.78 Å². The molecule has 6 heteroatoms. The van der Waals surface area contributed by atoms with Crippen molar-refractivity contribution in [3.63, 3.8) is 0 Å². The first kappa shape index (κ1) is 13.6. The van der Waals surface area contributed by atoms with Crippen molar-refractivity contribution in [1.82, 2.24) is 15.5 Å². The molecule has 0 saturated heterocycles. The van der Waals surface area contributed by atoms with Gasteiger partial charge in [0.1, 0.15) is 21.6 Å². The first-order valence-electron chi connectivity index (χ1n) is 6.70. The number of hydrogen-bond acceptors (Lipinski definition) is 4. The Morgan fingerprint density at radius 3 is 2.55 bits per heavy atom. The normalized spacial score (nSPS) is 14.7. The second-order valence-electron chi connectivity index (χ2n) is 4.94. The van der Waals surface area contributed by atoms with E-state index >= 15 is 0 Å². The highest BCUT2D eigenvalue weighted by molar-refractivity contribution is 7.11. The Bertz CT molecular complexity index is 576. The molecule has 20 heavy (non-hydrogen) atoms. The van der Waals surface area contributed by atoms with Crippen molar-refractivity contribution in [3.05, 3.63) is 45.4 Å². The molecule has 1 aromatic carbocycles. The summed E-state index contributed by atoms with van der Waals surface area (Å²) in [6.45, 7) is 0.882. The molecule has 3 rings (SSSR count). The third-order valence-corrected chi connectivity index (χ3v) is 4.23. The van der Waals surface area contributed by atoms with E-state index in [-0.39, 0.29) is 12.0 Å². The van der Waals surface area contributed by atoms with Crippen LogP contribution in [0.3, 0.4) is 0 Å². The predicted octanol–water partition coefficient (Wildman–Crippen LogP) is 2.70. The van der Waals surface area contributed by atoms with Gasteiger partial charge in [-0.1, -0.05) is 6.07 Å². The van der Waals surface area contributed by atoms with Gasteiger partial charge in [-0.15, -0.1) is 21.5 Å². The van der Waals surface area contributed by atoms with E-state index < -0.39 is 11.6 Å². The highest BCUT2D eigenvalue weighted by atomic mass is 32.1. The Morgan fingerprint density at radius 2 is 1.85 bits per heavy atom. The lowest BCUT2D eigenvalue weighted by Crippen LogP contribution is -2.19. The van der Waals surface area contributed by atoms with Crippen molar-refractivity contribution < 1.29 is 8.78 Å². The summed E-state index contributed by atoms with van der Waals surface area (Å²) in [5.41, 5.74) is 0.0614. The molecule has 1 aliphatic rings. The van der Waals surface area contributed by atoms with E-state index in [0.717, 1.165) is 18.0 Å². The molecule has 1 N–H and O–H groups in total. The van der Waals surface area contributed by atoms with Crippen LogP contribution in [0.25, 0.3) is 0 Å². The zero-order valence-corrected chi connectivity index (χ0v) is 11.7. The Morgan fingerprint density at radius 1 is 1.15 bits per heavy atom. The van der Waals surface area contributed by atoms with Crippen molar-refractivity contribution in [3.8, 4) is 0 Å². The molecule has 0 spiro atoms. The first-order valence-corrected chi connectivity index (χ1v) is 7.51. The van der Waals surface area contributed by atoms with Crippen LogP contribution >= 0.6 is 11.3 Å². The lowest BCUT2D eigenvalue weighted by molar-refractivity contribution is 0.561. The molecule has 3 nitrogen and oxygen atoms in total. The minimum Gasteiger partial charge on any atom is -0.314 e. The van der Waals surface area contributed by atoms with E-state index in [0.29, 0.717) is 11.0 Å². The van der Waals surface area contributed by atoms with Gasteiger partial charge < -0.3 is 5.32 Å². The zero-order chi connectivity index (χ0) is 13.9. The summed E-state index contributed by atoms with van der Waals surface area (Å²) in [7, 11) is 0. The van der Waals surface area contributed by atoms with Gasteiger partial charge in [0.05, 0.1) is 0 Å². The van der Waals surface area contributed by atoms with Gasteiger partial charge in [0, 0.05) is 31.0 Å². The van der Waals surface area contributed by atoms with Gasteiger partial charge in [-0.2, -0.15) is 0 Å². The van der Waals surface area contributed by atoms with E-state index in [1.165, 1.54) is 42.4 Å². The molecule has 0 atom stereocenters. The third-order valence-electron chi connectivity index (χ3n) is 3.25. The summed E-state index contributed by atoms with van der Waals surface area (Å²) in [4.78, 5) is 0. The summed E-state index contributed by atoms with van der Waals surface area (Å²) in [5.74, 6) is -1.06. The number of halogens is 2. The Balaban J connectivity index is 1.61. The van der Waals surface area contributed by atoms with Gasteiger partial charge >= 0.3 is 0 Å². The summed E-state index contributed by atoms with van der Waals surface area (Å²) in [6.07, 6.45) is 3.49. The summed E-state index contributed by atoms with van der Waals surface area (Å²) in [6, 6.07) is 4.57. The zero-order valence-electron chi connectivity index (χ0n) is 10.9. The van der Waals surface area contributed by atoms with Crippen LogP contribution in [0.5, 0.6) is 0 Å². The summed E-state index contributed by atoms with van der Waals surface area (Å²) >= 11 is 1.42. The summed E-state index contributed by atoms with van der Waals surface area (Å²) < 4.78 is 27.1. The van der Waals surface area contributed by atoms with Gasteiger partial charge in [-0.25, -0.2) is 8.78 Å². The average molecular weight is 295 g/mol. The van der Waals surface area contributed by atoms with E-state index in [9.17, 15) is 8.78 Å². The van der Waals surface area contributed by atoms with E-state index in [1.807, 2.05) is 0 Å². The second-order valence-corrected chi connectivity index (χ2v) is 6.09. The number of aromatic nitrogens is 2. The van der Waals surface area contributed by atoms with Crippen molar-refractivity contribution in [2.24, 2.45) is 0 Å². The molecule has 1 fully saturated rings. The monoisotopic (exact) mass is 295 g/mol. The molecule has 1 heterocycles. The minimum atomic E-state index is -0.530. The number of nitrogens with one attached hydrogen (secondary N) is 1. The summed E-state index contributed by atoms with van der Waals surface area (Å²) in [5, 5.41) is 13.0. The highest BCUT2D eigenvalue weighted by Crippen LogP contribution is 2.20. The average Bonchev–Trinajstić information content (AvgIpc) is 3.13. The second kappa shape index (κ2) is 5.93. The van der Waals surface area contributed by atoms with Gasteiger partial charge in [0.2, 0.25) is 0 Å². The molecule has 2 aromatic rings. The van der Waals surface area contributed by atoms with Crippen LogP contribution in [0.1, 0.15) is 28.4 Å². The van der Waals surface area contributed by atoms with Crippen LogP contribution < -0.4 is 5.32 Å². The minimum absolute atomic E-state index is 0.0614. The van der Waals surface area contributed by atoms with Crippen LogP contribution in [-0.2, 0) is 12.8 Å². The molecule has 1 aliphatic carbocycles. The Labute approximate surface area is 120 Å². The largest absolute Gasteiger partial charge is 0.314 e. The molecule has 0 bridgehead atoms. The molecule has 0 radical (unpaired) electrons. The SMILES string of the molecule is Fc1cccc(F)c1Cc1nnc(CCNC2CC2)s1. The van der Waals surface area contributed by atoms with Crippen molar-refractivity contribution in [1.29, 1.82) is 0 Å². The Kier molecular flexibility index (Phi) is 4.03. The molecular formula is C14H15F2N3S. The number of rotatable bonds is 6. The number of hydrogen-bond donors (Lipinski definition) is 1. The fourth-order valence-electron chi connectivity index (χ4n) is 1.98. The lowest BCUT2D eigenvalue weighted by atomic mass is 10.1. The molecular weight excluding hydrogens is 280 g/mol. The maximum atomic E-state index is 13.5. The molecule has 0 aliphatic heterocycles. The molecule has 0 amide bonds. The standard InChI is InChI=1S/C14H15F2N3S/c15-11-2-1-3-12(16)10(11)8-14-19-18-13(20-14)6-7-17-9-4-5-9/h1-3,9,17H,4-8H2. The molecule has 106 valence electrons. The first-order chi connectivity index (χ1) is 9.72. The maximum Gasteiger partial charge on any atom is 0.129 e. The van der Waals surface area contributed by atoms with Crippen molar-refractivity contribution >= 4 is 11.3 Å². The quantitative estimate of drug-likeness (QED) is 0.890. The number of nitrogens with zero attached hydrogens (tertiary/aromatic N) is 2. The van der Waals surface area contributed by atoms with E-state index in [2.05, 4.69) is 15.5 Å². The van der Waals surface area contributed by atoms with Crippen LogP contribution in [-0.4, -0.2) is 22.8 Å². The topological polar surface area (TPSA) is 37.8 Å². The van der Waals surface area contributed by atoms with Gasteiger partial charge in [-0.3, -0.25) is 0 Å². The predicted molar refractivity (Wildman–Crippen MR) is 73.8 cm³/mol. The van der Waals surface area contributed by atoms with Crippen LogP contribution in [0.15, 0.2) is 18.2 Å². The van der Waals surface area contributed by atoms with Crippen molar-refractivity contribution in [2.75, 3.05) is 6.54 Å². The van der Waals surface area contributed by atoms with Crippen LogP contribution in [0.2, 0.25) is 0 Å². The van der Waals surface area contributed by atoms with Gasteiger partial charge in [-0.05, 0) is 25.0 Å². The molecule has 1 aromatic heterocycles. The van der Waals surface area contributed by atoms with Gasteiger partial charge in [0.25, 0.3) is 0 Å². The smallest absolute Gasteiger partial charge is 0.129 e.